The zero-order valence-corrected chi connectivity index (χ0v) is 38.9. The minimum Gasteiger partial charge on any atom is -0.509 e. The van der Waals surface area contributed by atoms with Gasteiger partial charge in [-0.25, -0.2) is 4.99 Å². The fraction of sp³-hybridized carbons (Fsp3) is 0.100. The molecular weight excluding hydrogens is 988 g/mol. The van der Waals surface area contributed by atoms with Crippen molar-refractivity contribution < 1.29 is 25.8 Å². The van der Waals surface area contributed by atoms with Crippen LogP contribution < -0.4 is 14.5 Å². The van der Waals surface area contributed by atoms with Crippen LogP contribution in [0.25, 0.3) is 43.4 Å². The van der Waals surface area contributed by atoms with Gasteiger partial charge in [0, 0.05) is 72.6 Å². The van der Waals surface area contributed by atoms with Crippen LogP contribution >= 0.6 is 0 Å². The van der Waals surface area contributed by atoms with Crippen LogP contribution in [-0.2, 0) is 26.5 Å². The van der Waals surface area contributed by atoms with Gasteiger partial charge in [-0.05, 0) is 79.9 Å². The van der Waals surface area contributed by atoms with E-state index >= 15 is 0 Å². The van der Waals surface area contributed by atoms with E-state index < -0.39 is 0 Å². The minimum absolute atomic E-state index is 0. The number of ether oxygens (including phenoxy) is 1. The number of hydrogen-bond donors (Lipinski definition) is 0. The third kappa shape index (κ3) is 6.36. The standard InChI is InChI=1S/C60H43N4O.Pt/c1-60(2,3)41-33-43(63-37-62(42-17-5-4-6-18-42)53-23-13-14-24-54(53)63)35-45(34-41)65-44-29-31-49-48-21-11-12-22-52(48)64(55(49)36-44)59-50-30-27-39-16-8-10-20-47(39)57(50)58-51(61-59)32-28-40-26-25-38-15-7-9-19-46(38)56(40)58;/h4-34,37,47,57H,1-3H3;/q-3;. The summed E-state index contributed by atoms with van der Waals surface area (Å²) < 4.78 is 9.25. The molecule has 0 saturated heterocycles. The molecule has 322 valence electrons. The Hall–Kier alpha value is -7.20. The quantitative estimate of drug-likeness (QED) is 0.130. The molecule has 0 bridgehead atoms. The number of hydrogen-bond acceptors (Lipinski definition) is 4. The second-order valence-electron chi connectivity index (χ2n) is 18.4. The number of aromatic nitrogens is 1. The summed E-state index contributed by atoms with van der Waals surface area (Å²) in [7, 11) is 0. The third-order valence-corrected chi connectivity index (χ3v) is 13.6. The number of para-hydroxylation sites is 4. The van der Waals surface area contributed by atoms with Crippen molar-refractivity contribution in [1.29, 1.82) is 0 Å². The van der Waals surface area contributed by atoms with Gasteiger partial charge >= 0.3 is 0 Å². The van der Waals surface area contributed by atoms with Crippen LogP contribution in [0.15, 0.2) is 204 Å². The van der Waals surface area contributed by atoms with E-state index in [9.17, 15) is 0 Å². The van der Waals surface area contributed by atoms with Gasteiger partial charge in [0.1, 0.15) is 5.84 Å². The van der Waals surface area contributed by atoms with E-state index in [-0.39, 0.29) is 38.3 Å². The zero-order valence-electron chi connectivity index (χ0n) is 36.6. The van der Waals surface area contributed by atoms with Crippen molar-refractivity contribution in [3.8, 4) is 11.5 Å². The Balaban J connectivity index is 0.00000456. The maximum atomic E-state index is 6.92. The van der Waals surface area contributed by atoms with Crippen molar-refractivity contribution in [1.82, 2.24) is 4.57 Å². The fourth-order valence-corrected chi connectivity index (χ4v) is 10.5. The van der Waals surface area contributed by atoms with Crippen molar-refractivity contribution in [2.24, 2.45) is 10.9 Å². The van der Waals surface area contributed by atoms with Gasteiger partial charge in [-0.1, -0.05) is 154 Å². The monoisotopic (exact) mass is 1030 g/mol. The van der Waals surface area contributed by atoms with Gasteiger partial charge in [-0.2, -0.15) is 6.07 Å². The van der Waals surface area contributed by atoms with E-state index in [0.717, 1.165) is 61.6 Å². The number of nitrogens with zero attached hydrogens (tertiary/aromatic N) is 4. The van der Waals surface area contributed by atoms with Crippen LogP contribution in [0.4, 0.5) is 28.4 Å². The summed E-state index contributed by atoms with van der Waals surface area (Å²) >= 11 is 0. The smallest absolute Gasteiger partial charge is 0.140 e. The maximum Gasteiger partial charge on any atom is 0.140 e. The molecule has 2 aliphatic carbocycles. The van der Waals surface area contributed by atoms with E-state index in [1.54, 1.807) is 0 Å². The van der Waals surface area contributed by atoms with Crippen LogP contribution in [-0.4, -0.2) is 10.4 Å². The molecule has 0 radical (unpaired) electrons. The first kappa shape index (κ1) is 40.3. The summed E-state index contributed by atoms with van der Waals surface area (Å²) in [5.41, 5.74) is 11.9. The van der Waals surface area contributed by atoms with Gasteiger partial charge in [-0.15, -0.1) is 53.6 Å². The molecule has 0 saturated carbocycles. The first-order valence-electron chi connectivity index (χ1n) is 22.4. The molecule has 1 aromatic heterocycles. The Bertz CT molecular complexity index is 3620. The Labute approximate surface area is 399 Å². The van der Waals surface area contributed by atoms with Crippen molar-refractivity contribution in [3.63, 3.8) is 0 Å². The number of allylic oxidation sites excluding steroid dienone is 8. The number of aliphatic imine (C=N–C) groups is 1. The Morgan fingerprint density at radius 2 is 1.39 bits per heavy atom. The predicted molar refractivity (Wildman–Crippen MR) is 268 cm³/mol. The maximum absolute atomic E-state index is 6.92. The van der Waals surface area contributed by atoms with Crippen molar-refractivity contribution in [2.75, 3.05) is 9.80 Å². The van der Waals surface area contributed by atoms with E-state index in [4.69, 9.17) is 9.73 Å². The fourth-order valence-electron chi connectivity index (χ4n) is 10.5. The Morgan fingerprint density at radius 1 is 0.652 bits per heavy atom. The SMILES string of the molecule is CC(C)(C)c1cc(Oc2[c-]c3c(cc2)c2ccccc2n3C2=Nc3ccc4ccc5ccccc5c4c3C3C2=CC=C2C=CC=CC23)[c-]c(N2[CH-]N(c3ccccc3)c3ccccc32)c1.[Pt]. The average molecular weight is 1030 g/mol. The molecule has 3 heterocycles. The van der Waals surface area contributed by atoms with Gasteiger partial charge in [0.05, 0.1) is 5.69 Å². The largest absolute Gasteiger partial charge is 0.509 e. The van der Waals surface area contributed by atoms with Crippen LogP contribution in [0.3, 0.4) is 0 Å². The van der Waals surface area contributed by atoms with E-state index in [1.165, 1.54) is 38.3 Å². The van der Waals surface area contributed by atoms with Crippen LogP contribution in [0.5, 0.6) is 11.5 Å². The van der Waals surface area contributed by atoms with Gasteiger partial charge in [0.15, 0.2) is 0 Å². The predicted octanol–water partition coefficient (Wildman–Crippen LogP) is 15.5. The minimum atomic E-state index is -0.157. The number of anilines is 4. The molecule has 0 amide bonds. The van der Waals surface area contributed by atoms with Crippen molar-refractivity contribution >= 4 is 77.6 Å². The summed E-state index contributed by atoms with van der Waals surface area (Å²) in [6.07, 6.45) is 13.6. The zero-order chi connectivity index (χ0) is 43.4. The van der Waals surface area contributed by atoms with E-state index in [2.05, 4.69) is 236 Å². The molecule has 2 unspecified atom stereocenters. The average Bonchev–Trinajstić information content (AvgIpc) is 3.89. The van der Waals surface area contributed by atoms with E-state index in [1.807, 2.05) is 6.07 Å². The summed E-state index contributed by atoms with van der Waals surface area (Å²) in [6, 6.07) is 61.4. The van der Waals surface area contributed by atoms with Crippen LogP contribution in [0.1, 0.15) is 37.8 Å². The molecule has 0 fully saturated rings. The molecule has 0 spiro atoms. The molecule has 2 atom stereocenters. The molecule has 9 aromatic rings. The van der Waals surface area contributed by atoms with E-state index in [0.29, 0.717) is 11.5 Å². The molecule has 5 nitrogen and oxygen atoms in total. The molecule has 66 heavy (non-hydrogen) atoms. The third-order valence-electron chi connectivity index (χ3n) is 13.6. The molecule has 2 aliphatic heterocycles. The second-order valence-corrected chi connectivity index (χ2v) is 18.4. The second kappa shape index (κ2) is 15.5. The summed E-state index contributed by atoms with van der Waals surface area (Å²) in [5.74, 6) is 2.35. The molecule has 13 rings (SSSR count). The van der Waals surface area contributed by atoms with Gasteiger partial charge in [0.2, 0.25) is 0 Å². The van der Waals surface area contributed by atoms with Gasteiger partial charge < -0.3 is 19.1 Å². The number of rotatable bonds is 4. The summed E-state index contributed by atoms with van der Waals surface area (Å²) in [6.45, 7) is 8.87. The summed E-state index contributed by atoms with van der Waals surface area (Å²) in [4.78, 5) is 10.1. The number of benzene rings is 8. The first-order valence-corrected chi connectivity index (χ1v) is 22.4. The number of fused-ring (bicyclic) bond motifs is 13. The molecular formula is C60H43N4OPt-3. The molecule has 0 N–H and O–H groups in total. The van der Waals surface area contributed by atoms with Crippen molar-refractivity contribution in [2.45, 2.75) is 32.1 Å². The van der Waals surface area contributed by atoms with Gasteiger partial charge in [0.25, 0.3) is 0 Å². The Kier molecular flexibility index (Phi) is 9.45. The van der Waals surface area contributed by atoms with Crippen LogP contribution in [0, 0.1) is 24.7 Å². The normalized spacial score (nSPS) is 17.2. The topological polar surface area (TPSA) is 33.0 Å². The van der Waals surface area contributed by atoms with Crippen LogP contribution in [0.2, 0.25) is 0 Å². The first-order chi connectivity index (χ1) is 31.9. The molecule has 6 heteroatoms. The summed E-state index contributed by atoms with van der Waals surface area (Å²) in [5, 5.41) is 7.24. The van der Waals surface area contributed by atoms with Crippen molar-refractivity contribution in [3.05, 3.63) is 229 Å². The molecule has 8 aromatic carbocycles. The molecule has 4 aliphatic rings. The Morgan fingerprint density at radius 3 is 2.24 bits per heavy atom. The van der Waals surface area contributed by atoms with Gasteiger partial charge in [-0.3, -0.25) is 0 Å².